The number of aliphatic hydroxyl groups is 1. The highest BCUT2D eigenvalue weighted by Crippen LogP contribution is 2.25. The Bertz CT molecular complexity index is 707. The quantitative estimate of drug-likeness (QED) is 0.740. The Kier molecular flexibility index (Phi) is 6.88. The van der Waals surface area contributed by atoms with E-state index in [1.165, 1.54) is 48.8 Å². The summed E-state index contributed by atoms with van der Waals surface area (Å²) in [5.74, 6) is 0.127. The summed E-state index contributed by atoms with van der Waals surface area (Å²) in [6.07, 6.45) is 9.54. The van der Waals surface area contributed by atoms with Crippen molar-refractivity contribution in [3.8, 4) is 0 Å². The Balaban J connectivity index is 1.30. The van der Waals surface area contributed by atoms with Crippen LogP contribution in [0.15, 0.2) is 18.2 Å². The lowest BCUT2D eigenvalue weighted by Crippen LogP contribution is -2.46. The van der Waals surface area contributed by atoms with E-state index in [4.69, 9.17) is 0 Å². The molecule has 1 aliphatic carbocycles. The van der Waals surface area contributed by atoms with E-state index in [0.717, 1.165) is 38.9 Å². The monoisotopic (exact) mass is 399 g/mol. The molecule has 0 saturated carbocycles. The van der Waals surface area contributed by atoms with E-state index in [0.29, 0.717) is 18.6 Å². The SMILES string of the molecule is C[C@H](NC(=O)CN1CCC[C@@H]1CN1CCC[C@@H]1CO)c1ccc2c(c1)CCCC2. The summed E-state index contributed by atoms with van der Waals surface area (Å²) in [5, 5.41) is 12.8. The second-order valence-corrected chi connectivity index (χ2v) is 9.26. The van der Waals surface area contributed by atoms with E-state index >= 15 is 0 Å². The first-order valence-electron chi connectivity index (χ1n) is 11.6. The molecule has 2 N–H and O–H groups in total. The summed E-state index contributed by atoms with van der Waals surface area (Å²) < 4.78 is 0. The van der Waals surface area contributed by atoms with Gasteiger partial charge < -0.3 is 10.4 Å². The van der Waals surface area contributed by atoms with Crippen LogP contribution < -0.4 is 5.32 Å². The molecule has 1 aromatic rings. The summed E-state index contributed by atoms with van der Waals surface area (Å²) in [6.45, 7) is 5.90. The average Bonchev–Trinajstić information content (AvgIpc) is 3.37. The highest BCUT2D eigenvalue weighted by molar-refractivity contribution is 5.78. The van der Waals surface area contributed by atoms with Gasteiger partial charge in [-0.2, -0.15) is 0 Å². The number of amides is 1. The molecule has 1 aromatic carbocycles. The van der Waals surface area contributed by atoms with Gasteiger partial charge in [-0.15, -0.1) is 0 Å². The van der Waals surface area contributed by atoms with Crippen molar-refractivity contribution < 1.29 is 9.90 Å². The fraction of sp³-hybridized carbons (Fsp3) is 0.708. The predicted molar refractivity (Wildman–Crippen MR) is 116 cm³/mol. The first-order chi connectivity index (χ1) is 14.1. The number of hydrogen-bond acceptors (Lipinski definition) is 4. The van der Waals surface area contributed by atoms with Crippen molar-refractivity contribution >= 4 is 5.91 Å². The van der Waals surface area contributed by atoms with Crippen LogP contribution in [0.3, 0.4) is 0 Å². The van der Waals surface area contributed by atoms with Gasteiger partial charge in [-0.25, -0.2) is 0 Å². The van der Waals surface area contributed by atoms with Crippen molar-refractivity contribution in [2.75, 3.05) is 32.8 Å². The zero-order valence-electron chi connectivity index (χ0n) is 17.9. The van der Waals surface area contributed by atoms with Crippen LogP contribution >= 0.6 is 0 Å². The van der Waals surface area contributed by atoms with Crippen LogP contribution in [0.2, 0.25) is 0 Å². The molecular weight excluding hydrogens is 362 g/mol. The number of benzene rings is 1. The summed E-state index contributed by atoms with van der Waals surface area (Å²) in [7, 11) is 0. The zero-order chi connectivity index (χ0) is 20.2. The van der Waals surface area contributed by atoms with Gasteiger partial charge in [-0.05, 0) is 88.1 Å². The minimum atomic E-state index is 0.0492. The molecule has 2 aliphatic heterocycles. The van der Waals surface area contributed by atoms with Crippen molar-refractivity contribution in [3.63, 3.8) is 0 Å². The maximum atomic E-state index is 12.8. The van der Waals surface area contributed by atoms with Crippen LogP contribution in [-0.2, 0) is 17.6 Å². The number of nitrogens with one attached hydrogen (secondary N) is 1. The smallest absolute Gasteiger partial charge is 0.234 e. The first kappa shape index (κ1) is 20.8. The molecule has 0 unspecified atom stereocenters. The van der Waals surface area contributed by atoms with E-state index in [2.05, 4.69) is 40.2 Å². The van der Waals surface area contributed by atoms with Gasteiger partial charge in [0, 0.05) is 18.6 Å². The van der Waals surface area contributed by atoms with Gasteiger partial charge >= 0.3 is 0 Å². The summed E-state index contributed by atoms with van der Waals surface area (Å²) >= 11 is 0. The molecule has 5 nitrogen and oxygen atoms in total. The summed E-state index contributed by atoms with van der Waals surface area (Å²) in [6, 6.07) is 7.56. The van der Waals surface area contributed by atoms with Crippen LogP contribution in [-0.4, -0.2) is 65.7 Å². The fourth-order valence-corrected chi connectivity index (χ4v) is 5.50. The third-order valence-electron chi connectivity index (χ3n) is 7.25. The Hall–Kier alpha value is -1.43. The third-order valence-corrected chi connectivity index (χ3v) is 7.25. The maximum Gasteiger partial charge on any atom is 0.234 e. The van der Waals surface area contributed by atoms with Crippen LogP contribution in [0.25, 0.3) is 0 Å². The number of carbonyl (C=O) groups is 1. The fourth-order valence-electron chi connectivity index (χ4n) is 5.50. The molecule has 3 atom stereocenters. The van der Waals surface area contributed by atoms with Gasteiger partial charge in [0.2, 0.25) is 5.91 Å². The lowest BCUT2D eigenvalue weighted by Gasteiger charge is -2.31. The average molecular weight is 400 g/mol. The maximum absolute atomic E-state index is 12.8. The van der Waals surface area contributed by atoms with Crippen LogP contribution in [0.5, 0.6) is 0 Å². The molecule has 0 spiro atoms. The lowest BCUT2D eigenvalue weighted by molar-refractivity contribution is -0.123. The molecule has 3 aliphatic rings. The number of likely N-dealkylation sites (tertiary alicyclic amines) is 2. The largest absolute Gasteiger partial charge is 0.395 e. The highest BCUT2D eigenvalue weighted by Gasteiger charge is 2.32. The summed E-state index contributed by atoms with van der Waals surface area (Å²) in [4.78, 5) is 17.5. The van der Waals surface area contributed by atoms with Crippen LogP contribution in [0, 0.1) is 0 Å². The molecule has 2 fully saturated rings. The molecule has 0 bridgehead atoms. The van der Waals surface area contributed by atoms with Gasteiger partial charge in [0.1, 0.15) is 0 Å². The molecule has 2 heterocycles. The molecule has 2 saturated heterocycles. The zero-order valence-corrected chi connectivity index (χ0v) is 17.9. The number of fused-ring (bicyclic) bond motifs is 1. The Labute approximate surface area is 175 Å². The predicted octanol–water partition coefficient (Wildman–Crippen LogP) is 2.66. The van der Waals surface area contributed by atoms with Crippen molar-refractivity contribution in [2.45, 2.75) is 76.4 Å². The second kappa shape index (κ2) is 9.59. The standard InChI is InChI=1S/C24H37N3O2/c1-18(20-11-10-19-6-2-3-7-21(19)14-20)25-24(29)16-27-13-4-8-22(27)15-26-12-5-9-23(26)17-28/h10-11,14,18,22-23,28H,2-9,12-13,15-17H2,1H3,(H,25,29)/t18-,22+,23+/m0/s1. The van der Waals surface area contributed by atoms with Crippen LogP contribution in [0.4, 0.5) is 0 Å². The first-order valence-corrected chi connectivity index (χ1v) is 11.6. The number of hydrogen-bond donors (Lipinski definition) is 2. The number of nitrogens with zero attached hydrogens (tertiary/aromatic N) is 2. The minimum absolute atomic E-state index is 0.0492. The molecule has 5 heteroatoms. The molecule has 160 valence electrons. The summed E-state index contributed by atoms with van der Waals surface area (Å²) in [5.41, 5.74) is 4.18. The van der Waals surface area contributed by atoms with E-state index in [9.17, 15) is 9.90 Å². The Morgan fingerprint density at radius 2 is 1.79 bits per heavy atom. The van der Waals surface area contributed by atoms with Crippen molar-refractivity contribution in [3.05, 3.63) is 34.9 Å². The van der Waals surface area contributed by atoms with E-state index < -0.39 is 0 Å². The Morgan fingerprint density at radius 3 is 2.59 bits per heavy atom. The van der Waals surface area contributed by atoms with Gasteiger partial charge in [0.05, 0.1) is 19.2 Å². The van der Waals surface area contributed by atoms with E-state index in [-0.39, 0.29) is 18.6 Å². The van der Waals surface area contributed by atoms with E-state index in [1.807, 2.05) is 0 Å². The number of aryl methyl sites for hydroxylation is 2. The topological polar surface area (TPSA) is 55.8 Å². The number of carbonyl (C=O) groups excluding carboxylic acids is 1. The van der Waals surface area contributed by atoms with Gasteiger partial charge in [0.25, 0.3) is 0 Å². The van der Waals surface area contributed by atoms with Crippen LogP contribution in [0.1, 0.15) is 68.2 Å². The van der Waals surface area contributed by atoms with Crippen molar-refractivity contribution in [1.82, 2.24) is 15.1 Å². The van der Waals surface area contributed by atoms with E-state index in [1.54, 1.807) is 0 Å². The molecule has 0 aromatic heterocycles. The number of aliphatic hydroxyl groups excluding tert-OH is 1. The minimum Gasteiger partial charge on any atom is -0.395 e. The van der Waals surface area contributed by atoms with Gasteiger partial charge in [0.15, 0.2) is 0 Å². The van der Waals surface area contributed by atoms with Gasteiger partial charge in [-0.1, -0.05) is 18.2 Å². The molecular formula is C24H37N3O2. The van der Waals surface area contributed by atoms with Crippen molar-refractivity contribution in [1.29, 1.82) is 0 Å². The lowest BCUT2D eigenvalue weighted by atomic mass is 9.89. The van der Waals surface area contributed by atoms with Gasteiger partial charge in [-0.3, -0.25) is 14.6 Å². The molecule has 4 rings (SSSR count). The third kappa shape index (κ3) is 5.01. The normalized spacial score (nSPS) is 26.4. The molecule has 29 heavy (non-hydrogen) atoms. The highest BCUT2D eigenvalue weighted by atomic mass is 16.3. The molecule has 0 radical (unpaired) electrons. The number of rotatable bonds is 7. The second-order valence-electron chi connectivity index (χ2n) is 9.26. The van der Waals surface area contributed by atoms with Crippen molar-refractivity contribution in [2.24, 2.45) is 0 Å². The Morgan fingerprint density at radius 1 is 1.07 bits per heavy atom. The molecule has 1 amide bonds.